The fourth-order valence-corrected chi connectivity index (χ4v) is 4.37. The summed E-state index contributed by atoms with van der Waals surface area (Å²) in [6, 6.07) is 17.9. The number of carboxylic acids is 1. The van der Waals surface area contributed by atoms with Crippen molar-refractivity contribution in [1.82, 2.24) is 5.32 Å². The Morgan fingerprint density at radius 2 is 1.60 bits per heavy atom. The van der Waals surface area contributed by atoms with Gasteiger partial charge in [-0.25, -0.2) is 9.59 Å². The molecule has 184 valence electrons. The predicted octanol–water partition coefficient (Wildman–Crippen LogP) is 5.53. The van der Waals surface area contributed by atoms with Crippen molar-refractivity contribution in [2.24, 2.45) is 0 Å². The molecule has 7 nitrogen and oxygen atoms in total. The lowest BCUT2D eigenvalue weighted by Gasteiger charge is -2.35. The number of carboxylic acid groups (broad SMARTS) is 1. The summed E-state index contributed by atoms with van der Waals surface area (Å²) in [5.41, 5.74) is 0.869. The molecule has 35 heavy (non-hydrogen) atoms. The van der Waals surface area contributed by atoms with Crippen molar-refractivity contribution < 1.29 is 24.2 Å². The largest absolute Gasteiger partial charge is 0.479 e. The molecule has 0 radical (unpaired) electrons. The van der Waals surface area contributed by atoms with Crippen LogP contribution in [0, 0.1) is 0 Å². The van der Waals surface area contributed by atoms with E-state index in [0.29, 0.717) is 17.9 Å². The average molecular weight is 477 g/mol. The van der Waals surface area contributed by atoms with Crippen LogP contribution in [-0.4, -0.2) is 42.4 Å². The molecule has 0 bridgehead atoms. The quantitative estimate of drug-likeness (QED) is 0.503. The van der Waals surface area contributed by atoms with E-state index in [-0.39, 0.29) is 12.8 Å². The Hall–Kier alpha value is -3.74. The predicted molar refractivity (Wildman–Crippen MR) is 137 cm³/mol. The topological polar surface area (TPSA) is 88.1 Å². The Balaban J connectivity index is 1.55. The summed E-state index contributed by atoms with van der Waals surface area (Å²) in [5.74, 6) is 0.237. The van der Waals surface area contributed by atoms with E-state index in [9.17, 15) is 14.7 Å². The first-order valence-electron chi connectivity index (χ1n) is 11.7. The van der Waals surface area contributed by atoms with E-state index in [1.807, 2.05) is 50.5 Å². The Kier molecular flexibility index (Phi) is 6.36. The zero-order valence-corrected chi connectivity index (χ0v) is 20.8. The summed E-state index contributed by atoms with van der Waals surface area (Å²) >= 11 is 0. The van der Waals surface area contributed by atoms with E-state index in [1.54, 1.807) is 20.8 Å². The standard InChI is InChI=1S/C28H32N2O5/c1-27(2,3)35-26(33)29-28(25(31)32)13-12-18-7-10-24(16-21(18)17-28)34-23-11-8-19-14-22(30(4)5)9-6-20(19)15-23/h6-11,14-16H,12-13,17H2,1-5H3,(H,29,33)(H,31,32). The second-order valence-electron chi connectivity index (χ2n) is 10.3. The molecule has 1 aliphatic carbocycles. The van der Waals surface area contributed by atoms with E-state index >= 15 is 0 Å². The zero-order valence-electron chi connectivity index (χ0n) is 20.8. The highest BCUT2D eigenvalue weighted by Gasteiger charge is 2.44. The zero-order chi connectivity index (χ0) is 25.4. The highest BCUT2D eigenvalue weighted by molar-refractivity contribution is 5.87. The molecule has 3 aromatic carbocycles. The van der Waals surface area contributed by atoms with E-state index < -0.39 is 23.2 Å². The molecule has 2 N–H and O–H groups in total. The van der Waals surface area contributed by atoms with E-state index in [4.69, 9.17) is 9.47 Å². The second-order valence-corrected chi connectivity index (χ2v) is 10.3. The molecule has 4 rings (SSSR count). The minimum absolute atomic E-state index is 0.152. The van der Waals surface area contributed by atoms with Gasteiger partial charge < -0.3 is 24.8 Å². The van der Waals surface area contributed by atoms with Gasteiger partial charge >= 0.3 is 12.1 Å². The summed E-state index contributed by atoms with van der Waals surface area (Å²) in [7, 11) is 4.02. The molecule has 0 spiro atoms. The summed E-state index contributed by atoms with van der Waals surface area (Å²) < 4.78 is 11.5. The summed E-state index contributed by atoms with van der Waals surface area (Å²) in [5, 5.41) is 14.8. The SMILES string of the molecule is CN(C)c1ccc2cc(Oc3ccc4c(c3)CC(NC(=O)OC(C)(C)C)(C(=O)O)CC4)ccc2c1. The van der Waals surface area contributed by atoms with Crippen LogP contribution in [0.5, 0.6) is 11.5 Å². The number of aliphatic carboxylic acids is 1. The molecular formula is C28H32N2O5. The molecule has 0 heterocycles. The molecule has 0 saturated carbocycles. The Labute approximate surface area is 205 Å². The summed E-state index contributed by atoms with van der Waals surface area (Å²) in [4.78, 5) is 26.7. The number of anilines is 1. The molecule has 1 amide bonds. The van der Waals surface area contributed by atoms with Gasteiger partial charge in [0.25, 0.3) is 0 Å². The van der Waals surface area contributed by atoms with Crippen LogP contribution in [0.4, 0.5) is 10.5 Å². The van der Waals surface area contributed by atoms with Crippen LogP contribution in [0.2, 0.25) is 0 Å². The number of aryl methyl sites for hydroxylation is 1. The highest BCUT2D eigenvalue weighted by atomic mass is 16.6. The molecule has 1 unspecified atom stereocenters. The fraction of sp³-hybridized carbons (Fsp3) is 0.357. The van der Waals surface area contributed by atoms with Gasteiger partial charge in [-0.2, -0.15) is 0 Å². The van der Waals surface area contributed by atoms with Crippen LogP contribution < -0.4 is 15.0 Å². The van der Waals surface area contributed by atoms with Gasteiger partial charge in [-0.15, -0.1) is 0 Å². The third-order valence-corrected chi connectivity index (χ3v) is 6.19. The number of hydrogen-bond donors (Lipinski definition) is 2. The average Bonchev–Trinajstić information content (AvgIpc) is 2.77. The number of carbonyl (C=O) groups is 2. The van der Waals surface area contributed by atoms with Gasteiger partial charge in [-0.1, -0.05) is 18.2 Å². The van der Waals surface area contributed by atoms with Crippen molar-refractivity contribution in [2.45, 2.75) is 51.2 Å². The molecule has 0 saturated heterocycles. The van der Waals surface area contributed by atoms with Crippen molar-refractivity contribution in [2.75, 3.05) is 19.0 Å². The van der Waals surface area contributed by atoms with Crippen molar-refractivity contribution >= 4 is 28.5 Å². The van der Waals surface area contributed by atoms with Gasteiger partial charge in [0.1, 0.15) is 22.6 Å². The van der Waals surface area contributed by atoms with Crippen LogP contribution in [-0.2, 0) is 22.4 Å². The maximum Gasteiger partial charge on any atom is 0.408 e. The molecule has 0 aliphatic heterocycles. The van der Waals surface area contributed by atoms with Gasteiger partial charge in [-0.3, -0.25) is 0 Å². The number of carbonyl (C=O) groups excluding carboxylic acids is 1. The van der Waals surface area contributed by atoms with Crippen molar-refractivity contribution in [1.29, 1.82) is 0 Å². The lowest BCUT2D eigenvalue weighted by Crippen LogP contribution is -2.58. The van der Waals surface area contributed by atoms with Gasteiger partial charge in [0.15, 0.2) is 0 Å². The van der Waals surface area contributed by atoms with Crippen molar-refractivity contribution in [3.05, 3.63) is 65.7 Å². The first-order chi connectivity index (χ1) is 16.4. The molecular weight excluding hydrogens is 444 g/mol. The Morgan fingerprint density at radius 1 is 0.943 bits per heavy atom. The Bertz CT molecular complexity index is 1280. The van der Waals surface area contributed by atoms with Crippen molar-refractivity contribution in [3.63, 3.8) is 0 Å². The van der Waals surface area contributed by atoms with Gasteiger partial charge in [0.2, 0.25) is 0 Å². The Morgan fingerprint density at radius 3 is 2.29 bits per heavy atom. The molecule has 7 heteroatoms. The minimum Gasteiger partial charge on any atom is -0.479 e. The third-order valence-electron chi connectivity index (χ3n) is 6.19. The first-order valence-corrected chi connectivity index (χ1v) is 11.7. The molecule has 3 aromatic rings. The lowest BCUT2D eigenvalue weighted by atomic mass is 9.78. The second kappa shape index (κ2) is 9.13. The van der Waals surface area contributed by atoms with Gasteiger partial charge in [0, 0.05) is 26.2 Å². The maximum absolute atomic E-state index is 12.4. The highest BCUT2D eigenvalue weighted by Crippen LogP contribution is 2.34. The van der Waals surface area contributed by atoms with Crippen LogP contribution in [0.1, 0.15) is 38.3 Å². The van der Waals surface area contributed by atoms with Gasteiger partial charge in [0.05, 0.1) is 0 Å². The summed E-state index contributed by atoms with van der Waals surface area (Å²) in [6.45, 7) is 5.23. The molecule has 0 fully saturated rings. The number of alkyl carbamates (subject to hydrolysis) is 1. The number of nitrogens with one attached hydrogen (secondary N) is 1. The smallest absolute Gasteiger partial charge is 0.408 e. The number of nitrogens with zero attached hydrogens (tertiary/aromatic N) is 1. The van der Waals surface area contributed by atoms with Crippen LogP contribution in [0.3, 0.4) is 0 Å². The number of rotatable bonds is 5. The van der Waals surface area contributed by atoms with Crippen LogP contribution in [0.15, 0.2) is 54.6 Å². The summed E-state index contributed by atoms with van der Waals surface area (Å²) in [6.07, 6.45) is 0.236. The van der Waals surface area contributed by atoms with Crippen molar-refractivity contribution in [3.8, 4) is 11.5 Å². The van der Waals surface area contributed by atoms with E-state index in [0.717, 1.165) is 27.6 Å². The molecule has 1 aliphatic rings. The number of benzene rings is 3. The molecule has 1 atom stereocenters. The number of amides is 1. The number of fused-ring (bicyclic) bond motifs is 2. The normalized spacial score (nSPS) is 17.4. The van der Waals surface area contributed by atoms with E-state index in [2.05, 4.69) is 28.4 Å². The van der Waals surface area contributed by atoms with Gasteiger partial charge in [-0.05, 0) is 91.9 Å². The minimum atomic E-state index is -1.43. The number of ether oxygens (including phenoxy) is 2. The van der Waals surface area contributed by atoms with E-state index in [1.165, 1.54) is 0 Å². The lowest BCUT2D eigenvalue weighted by molar-refractivity contribution is -0.145. The maximum atomic E-state index is 12.4. The molecule has 0 aromatic heterocycles. The fourth-order valence-electron chi connectivity index (χ4n) is 4.37. The first kappa shape index (κ1) is 24.4. The van der Waals surface area contributed by atoms with Crippen LogP contribution >= 0.6 is 0 Å². The monoisotopic (exact) mass is 476 g/mol. The van der Waals surface area contributed by atoms with Crippen LogP contribution in [0.25, 0.3) is 10.8 Å². The third kappa shape index (κ3) is 5.50. The number of hydrogen-bond acceptors (Lipinski definition) is 5.